The lowest BCUT2D eigenvalue weighted by Gasteiger charge is -2.34. The maximum absolute atomic E-state index is 12.8. The highest BCUT2D eigenvalue weighted by atomic mass is 35.5. The van der Waals surface area contributed by atoms with Gasteiger partial charge < -0.3 is 10.2 Å². The molecule has 1 saturated heterocycles. The highest BCUT2D eigenvalue weighted by Crippen LogP contribution is 2.25. The summed E-state index contributed by atoms with van der Waals surface area (Å²) in [6, 6.07) is 11.4. The Morgan fingerprint density at radius 2 is 1.72 bits per heavy atom. The highest BCUT2D eigenvalue weighted by Gasteiger charge is 2.34. The minimum atomic E-state index is -3.52. The number of halogens is 2. The maximum atomic E-state index is 12.8. The summed E-state index contributed by atoms with van der Waals surface area (Å²) in [5.41, 5.74) is 1.48. The lowest BCUT2D eigenvalue weighted by molar-refractivity contribution is -0.917. The summed E-state index contributed by atoms with van der Waals surface area (Å²) in [6.45, 7) is 5.56. The molecule has 1 amide bonds. The molecule has 9 heteroatoms. The van der Waals surface area contributed by atoms with E-state index in [1.54, 1.807) is 42.5 Å². The standard InChI is InChI=1S/C20H23Cl2N3O3S/c1-14-3-6-17(7-4-14)29(27,28)25-11-9-24(10-12-25)15(2)20(26)23-19-13-16(21)5-8-18(19)22/h3-8,13,15H,9-12H2,1-2H3,(H,23,26)/p+1/t15-/m0/s1. The molecule has 1 atom stereocenters. The van der Waals surface area contributed by atoms with Crippen molar-refractivity contribution in [2.24, 2.45) is 0 Å². The number of aryl methyl sites for hydroxylation is 1. The molecule has 2 N–H and O–H groups in total. The molecule has 1 aliphatic rings. The van der Waals surface area contributed by atoms with Crippen LogP contribution in [0.4, 0.5) is 5.69 Å². The molecule has 0 aromatic heterocycles. The zero-order valence-electron chi connectivity index (χ0n) is 16.3. The third-order valence-corrected chi connectivity index (χ3v) is 7.69. The topological polar surface area (TPSA) is 70.9 Å². The van der Waals surface area contributed by atoms with E-state index in [2.05, 4.69) is 5.32 Å². The Labute approximate surface area is 181 Å². The molecule has 0 unspecified atom stereocenters. The first-order chi connectivity index (χ1) is 13.7. The van der Waals surface area contributed by atoms with Crippen LogP contribution in [0.5, 0.6) is 0 Å². The van der Waals surface area contributed by atoms with Crippen molar-refractivity contribution in [3.63, 3.8) is 0 Å². The predicted octanol–water partition coefficient (Wildman–Crippen LogP) is 2.22. The average Bonchev–Trinajstić information content (AvgIpc) is 2.70. The van der Waals surface area contributed by atoms with Crippen molar-refractivity contribution < 1.29 is 18.1 Å². The molecule has 0 spiro atoms. The second-order valence-corrected chi connectivity index (χ2v) is 9.99. The van der Waals surface area contributed by atoms with Crippen molar-refractivity contribution in [1.29, 1.82) is 0 Å². The molecule has 3 rings (SSSR count). The van der Waals surface area contributed by atoms with Crippen molar-refractivity contribution in [1.82, 2.24) is 4.31 Å². The summed E-state index contributed by atoms with van der Waals surface area (Å²) in [7, 11) is -3.52. The fraction of sp³-hybridized carbons (Fsp3) is 0.350. The van der Waals surface area contributed by atoms with Gasteiger partial charge in [0.15, 0.2) is 6.04 Å². The van der Waals surface area contributed by atoms with Gasteiger partial charge in [0.25, 0.3) is 5.91 Å². The number of hydrogen-bond donors (Lipinski definition) is 2. The van der Waals surface area contributed by atoms with Gasteiger partial charge in [-0.15, -0.1) is 0 Å². The maximum Gasteiger partial charge on any atom is 0.282 e. The molecule has 0 radical (unpaired) electrons. The number of nitrogens with zero attached hydrogens (tertiary/aromatic N) is 1. The number of anilines is 1. The van der Waals surface area contributed by atoms with Crippen molar-refractivity contribution in [3.8, 4) is 0 Å². The van der Waals surface area contributed by atoms with Gasteiger partial charge >= 0.3 is 0 Å². The van der Waals surface area contributed by atoms with Gasteiger partial charge in [0, 0.05) is 5.02 Å². The lowest BCUT2D eigenvalue weighted by Crippen LogP contribution is -3.19. The number of sulfonamides is 1. The molecular weight excluding hydrogens is 433 g/mol. The molecule has 1 fully saturated rings. The molecule has 0 saturated carbocycles. The number of amides is 1. The summed E-state index contributed by atoms with van der Waals surface area (Å²) in [5, 5.41) is 3.71. The third kappa shape index (κ3) is 5.10. The van der Waals surface area contributed by atoms with Crippen LogP contribution >= 0.6 is 23.2 Å². The van der Waals surface area contributed by atoms with E-state index in [-0.39, 0.29) is 11.9 Å². The van der Waals surface area contributed by atoms with E-state index in [4.69, 9.17) is 23.2 Å². The monoisotopic (exact) mass is 456 g/mol. The number of carbonyl (C=O) groups is 1. The smallest absolute Gasteiger partial charge is 0.282 e. The first-order valence-electron chi connectivity index (χ1n) is 9.36. The van der Waals surface area contributed by atoms with Crippen LogP contribution in [0.15, 0.2) is 47.4 Å². The molecule has 1 heterocycles. The molecule has 2 aromatic carbocycles. The second kappa shape index (κ2) is 9.02. The van der Waals surface area contributed by atoms with Crippen LogP contribution in [0.25, 0.3) is 0 Å². The third-order valence-electron chi connectivity index (χ3n) is 5.22. The van der Waals surface area contributed by atoms with Crippen LogP contribution < -0.4 is 10.2 Å². The normalized spacial score (nSPS) is 17.1. The van der Waals surface area contributed by atoms with Gasteiger partial charge in [-0.25, -0.2) is 8.42 Å². The average molecular weight is 457 g/mol. The van der Waals surface area contributed by atoms with E-state index < -0.39 is 10.0 Å². The van der Waals surface area contributed by atoms with E-state index in [9.17, 15) is 13.2 Å². The van der Waals surface area contributed by atoms with Gasteiger partial charge in [-0.2, -0.15) is 4.31 Å². The van der Waals surface area contributed by atoms with Gasteiger partial charge in [0.1, 0.15) is 0 Å². The zero-order valence-corrected chi connectivity index (χ0v) is 18.6. The van der Waals surface area contributed by atoms with Crippen molar-refractivity contribution in [2.75, 3.05) is 31.5 Å². The van der Waals surface area contributed by atoms with Gasteiger partial charge in [-0.05, 0) is 44.2 Å². The molecule has 156 valence electrons. The van der Waals surface area contributed by atoms with Gasteiger partial charge in [-0.1, -0.05) is 40.9 Å². The Bertz CT molecular complexity index is 989. The minimum absolute atomic E-state index is 0.181. The SMILES string of the molecule is Cc1ccc(S(=O)(=O)N2CC[NH+]([C@@H](C)C(=O)Nc3cc(Cl)ccc3Cl)CC2)cc1. The number of benzene rings is 2. The van der Waals surface area contributed by atoms with Crippen molar-refractivity contribution in [2.45, 2.75) is 24.8 Å². The Morgan fingerprint density at radius 3 is 2.34 bits per heavy atom. The molecule has 2 aromatic rings. The van der Waals surface area contributed by atoms with E-state index in [1.807, 2.05) is 13.8 Å². The summed E-state index contributed by atoms with van der Waals surface area (Å²) in [5.74, 6) is -0.181. The predicted molar refractivity (Wildman–Crippen MR) is 115 cm³/mol. The Kier molecular flexibility index (Phi) is 6.86. The van der Waals surface area contributed by atoms with E-state index >= 15 is 0 Å². The number of quaternary nitrogens is 1. The summed E-state index contributed by atoms with van der Waals surface area (Å²) in [6.07, 6.45) is 0. The van der Waals surface area contributed by atoms with Crippen LogP contribution in [0.3, 0.4) is 0 Å². The molecular formula is C20H24Cl2N3O3S+. The van der Waals surface area contributed by atoms with Gasteiger partial charge in [0.2, 0.25) is 10.0 Å². The number of hydrogen-bond acceptors (Lipinski definition) is 3. The Hall–Kier alpha value is -1.64. The Balaban J connectivity index is 1.61. The number of carbonyl (C=O) groups excluding carboxylic acids is 1. The van der Waals surface area contributed by atoms with E-state index in [1.165, 1.54) is 4.31 Å². The van der Waals surface area contributed by atoms with Crippen LogP contribution in [-0.4, -0.2) is 50.9 Å². The molecule has 6 nitrogen and oxygen atoms in total. The van der Waals surface area contributed by atoms with Crippen LogP contribution in [0.1, 0.15) is 12.5 Å². The molecule has 0 bridgehead atoms. The minimum Gasteiger partial charge on any atom is -0.323 e. The highest BCUT2D eigenvalue weighted by molar-refractivity contribution is 7.89. The van der Waals surface area contributed by atoms with Gasteiger partial charge in [-0.3, -0.25) is 4.79 Å². The summed E-state index contributed by atoms with van der Waals surface area (Å²) in [4.78, 5) is 14.0. The van der Waals surface area contributed by atoms with Crippen molar-refractivity contribution >= 4 is 44.8 Å². The Morgan fingerprint density at radius 1 is 1.10 bits per heavy atom. The first kappa shape index (κ1) is 22.1. The van der Waals surface area contributed by atoms with E-state index in [0.717, 1.165) is 10.5 Å². The number of piperazine rings is 1. The fourth-order valence-electron chi connectivity index (χ4n) is 3.33. The molecule has 0 aliphatic carbocycles. The van der Waals surface area contributed by atoms with Gasteiger partial charge in [0.05, 0.1) is 41.8 Å². The summed E-state index contributed by atoms with van der Waals surface area (Å²) < 4.78 is 27.1. The first-order valence-corrected chi connectivity index (χ1v) is 11.6. The largest absolute Gasteiger partial charge is 0.323 e. The zero-order chi connectivity index (χ0) is 21.2. The number of nitrogens with one attached hydrogen (secondary N) is 2. The quantitative estimate of drug-likeness (QED) is 0.724. The second-order valence-electron chi connectivity index (χ2n) is 7.21. The number of rotatable bonds is 5. The van der Waals surface area contributed by atoms with Crippen LogP contribution in [-0.2, 0) is 14.8 Å². The van der Waals surface area contributed by atoms with E-state index in [0.29, 0.717) is 46.8 Å². The van der Waals surface area contributed by atoms with Crippen molar-refractivity contribution in [3.05, 3.63) is 58.1 Å². The summed E-state index contributed by atoms with van der Waals surface area (Å²) >= 11 is 12.1. The molecule has 29 heavy (non-hydrogen) atoms. The molecule has 1 aliphatic heterocycles. The lowest BCUT2D eigenvalue weighted by atomic mass is 10.2. The fourth-order valence-corrected chi connectivity index (χ4v) is 5.10. The van der Waals surface area contributed by atoms with Crippen LogP contribution in [0.2, 0.25) is 10.0 Å². The van der Waals surface area contributed by atoms with Crippen LogP contribution in [0, 0.1) is 6.92 Å².